The smallest absolute Gasteiger partial charge is 0.305 e. The molecule has 1 N–H and O–H groups in total. The minimum absolute atomic E-state index is 0.0658. The number of benzene rings is 1. The van der Waals surface area contributed by atoms with E-state index < -0.39 is 5.97 Å². The second-order valence-electron chi connectivity index (χ2n) is 4.50. The summed E-state index contributed by atoms with van der Waals surface area (Å²) in [6.45, 7) is 3.96. The number of amides is 1. The Balaban J connectivity index is 2.85. The van der Waals surface area contributed by atoms with Gasteiger partial charge in [0, 0.05) is 22.6 Å². The van der Waals surface area contributed by atoms with E-state index in [-0.39, 0.29) is 24.8 Å². The number of carbonyl (C=O) groups is 2. The molecule has 1 amide bonds. The standard InChI is InChI=1S/C14H17Cl2NO3/c1-3-17(9(2)7-14(19)20)13(18)8-10-11(15)5-4-6-12(10)16/h4-6,9H,3,7-8H2,1-2H3,(H,19,20). The first-order chi connectivity index (χ1) is 9.36. The van der Waals surface area contributed by atoms with Crippen molar-refractivity contribution in [1.82, 2.24) is 4.90 Å². The Hall–Kier alpha value is -1.26. The molecule has 0 spiro atoms. The lowest BCUT2D eigenvalue weighted by molar-refractivity contribution is -0.140. The summed E-state index contributed by atoms with van der Waals surface area (Å²) < 4.78 is 0. The predicted molar refractivity (Wildman–Crippen MR) is 79.3 cm³/mol. The lowest BCUT2D eigenvalue weighted by Gasteiger charge is -2.27. The van der Waals surface area contributed by atoms with Crippen LogP contribution < -0.4 is 0 Å². The van der Waals surface area contributed by atoms with Crippen molar-refractivity contribution in [1.29, 1.82) is 0 Å². The zero-order valence-corrected chi connectivity index (χ0v) is 12.9. The number of nitrogens with zero attached hydrogens (tertiary/aromatic N) is 1. The fraction of sp³-hybridized carbons (Fsp3) is 0.429. The Morgan fingerprint density at radius 2 is 1.85 bits per heavy atom. The fourth-order valence-electron chi connectivity index (χ4n) is 2.05. The number of halogens is 2. The van der Waals surface area contributed by atoms with E-state index in [1.807, 2.05) is 6.92 Å². The van der Waals surface area contributed by atoms with Crippen molar-refractivity contribution in [3.05, 3.63) is 33.8 Å². The van der Waals surface area contributed by atoms with Crippen molar-refractivity contribution in [2.24, 2.45) is 0 Å². The predicted octanol–water partition coefficient (Wildman–Crippen LogP) is 3.25. The summed E-state index contributed by atoms with van der Waals surface area (Å²) in [4.78, 5) is 24.5. The van der Waals surface area contributed by atoms with Crippen LogP contribution in [-0.4, -0.2) is 34.5 Å². The van der Waals surface area contributed by atoms with Gasteiger partial charge < -0.3 is 10.0 Å². The van der Waals surface area contributed by atoms with Gasteiger partial charge in [0.25, 0.3) is 0 Å². The molecule has 1 atom stereocenters. The molecule has 0 radical (unpaired) electrons. The van der Waals surface area contributed by atoms with Crippen molar-refractivity contribution in [3.63, 3.8) is 0 Å². The highest BCUT2D eigenvalue weighted by molar-refractivity contribution is 6.36. The summed E-state index contributed by atoms with van der Waals surface area (Å²) in [6, 6.07) is 4.69. The Kier molecular flexibility index (Phi) is 6.30. The second kappa shape index (κ2) is 7.50. The number of aliphatic carboxylic acids is 1. The third-order valence-electron chi connectivity index (χ3n) is 3.05. The maximum Gasteiger partial charge on any atom is 0.305 e. The first-order valence-electron chi connectivity index (χ1n) is 6.31. The van der Waals surface area contributed by atoms with Gasteiger partial charge in [-0.15, -0.1) is 0 Å². The number of likely N-dealkylation sites (N-methyl/N-ethyl adjacent to an activating group) is 1. The maximum atomic E-state index is 12.3. The molecule has 0 fully saturated rings. The topological polar surface area (TPSA) is 57.6 Å². The quantitative estimate of drug-likeness (QED) is 0.876. The van der Waals surface area contributed by atoms with E-state index >= 15 is 0 Å². The van der Waals surface area contributed by atoms with Crippen molar-refractivity contribution in [2.45, 2.75) is 32.7 Å². The molecule has 4 nitrogen and oxygen atoms in total. The molecular formula is C14H17Cl2NO3. The number of rotatable bonds is 6. The molecule has 0 heterocycles. The van der Waals surface area contributed by atoms with E-state index in [9.17, 15) is 9.59 Å². The van der Waals surface area contributed by atoms with Gasteiger partial charge in [-0.1, -0.05) is 29.3 Å². The van der Waals surface area contributed by atoms with Gasteiger partial charge >= 0.3 is 5.97 Å². The SMILES string of the molecule is CCN(C(=O)Cc1c(Cl)cccc1Cl)C(C)CC(=O)O. The zero-order valence-electron chi connectivity index (χ0n) is 11.4. The van der Waals surface area contributed by atoms with Gasteiger partial charge in [-0.05, 0) is 31.5 Å². The Bertz CT molecular complexity index is 485. The van der Waals surface area contributed by atoms with Crippen LogP contribution in [0.4, 0.5) is 0 Å². The third-order valence-corrected chi connectivity index (χ3v) is 3.76. The molecule has 6 heteroatoms. The van der Waals surface area contributed by atoms with Crippen molar-refractivity contribution in [3.8, 4) is 0 Å². The molecule has 1 rings (SSSR count). The number of carbonyl (C=O) groups excluding carboxylic acids is 1. The summed E-state index contributed by atoms with van der Waals surface area (Å²) in [7, 11) is 0. The van der Waals surface area contributed by atoms with Crippen LogP contribution in [0.2, 0.25) is 10.0 Å². The summed E-state index contributed by atoms with van der Waals surface area (Å²) in [5.41, 5.74) is 0.571. The van der Waals surface area contributed by atoms with Gasteiger partial charge in [0.2, 0.25) is 5.91 Å². The lowest BCUT2D eigenvalue weighted by Crippen LogP contribution is -2.40. The number of carboxylic acids is 1. The molecule has 20 heavy (non-hydrogen) atoms. The van der Waals surface area contributed by atoms with Crippen LogP contribution in [0.25, 0.3) is 0 Å². The summed E-state index contributed by atoms with van der Waals surface area (Å²) in [5, 5.41) is 9.68. The molecule has 0 aliphatic rings. The van der Waals surface area contributed by atoms with Gasteiger partial charge in [0.15, 0.2) is 0 Å². The van der Waals surface area contributed by atoms with E-state index in [4.69, 9.17) is 28.3 Å². The van der Waals surface area contributed by atoms with Gasteiger partial charge in [0.05, 0.1) is 12.8 Å². The van der Waals surface area contributed by atoms with Crippen LogP contribution in [0.15, 0.2) is 18.2 Å². The molecule has 0 saturated heterocycles. The van der Waals surface area contributed by atoms with Crippen molar-refractivity contribution in [2.75, 3.05) is 6.54 Å². The molecule has 1 aromatic carbocycles. The number of hydrogen-bond donors (Lipinski definition) is 1. The average molecular weight is 318 g/mol. The van der Waals surface area contributed by atoms with E-state index in [1.54, 1.807) is 25.1 Å². The molecule has 0 saturated carbocycles. The molecule has 0 aliphatic carbocycles. The maximum absolute atomic E-state index is 12.3. The highest BCUT2D eigenvalue weighted by Crippen LogP contribution is 2.25. The molecule has 0 aliphatic heterocycles. The fourth-order valence-corrected chi connectivity index (χ4v) is 2.58. The first-order valence-corrected chi connectivity index (χ1v) is 7.06. The van der Waals surface area contributed by atoms with Crippen LogP contribution in [0.3, 0.4) is 0 Å². The van der Waals surface area contributed by atoms with Gasteiger partial charge in [-0.2, -0.15) is 0 Å². The Labute approximate surface area is 128 Å². The molecule has 1 unspecified atom stereocenters. The Morgan fingerprint density at radius 3 is 2.30 bits per heavy atom. The van der Waals surface area contributed by atoms with Gasteiger partial charge in [-0.25, -0.2) is 0 Å². The highest BCUT2D eigenvalue weighted by Gasteiger charge is 2.22. The number of carboxylic acid groups (broad SMARTS) is 1. The van der Waals surface area contributed by atoms with Crippen molar-refractivity contribution < 1.29 is 14.7 Å². The average Bonchev–Trinajstić information content (AvgIpc) is 2.34. The molecule has 1 aromatic rings. The highest BCUT2D eigenvalue weighted by atomic mass is 35.5. The van der Waals surface area contributed by atoms with Gasteiger partial charge in [-0.3, -0.25) is 9.59 Å². The lowest BCUT2D eigenvalue weighted by atomic mass is 10.1. The molecule has 0 aromatic heterocycles. The Morgan fingerprint density at radius 1 is 1.30 bits per heavy atom. The van der Waals surface area contributed by atoms with Crippen LogP contribution in [0, 0.1) is 0 Å². The number of hydrogen-bond acceptors (Lipinski definition) is 2. The van der Waals surface area contributed by atoms with Crippen LogP contribution in [0.1, 0.15) is 25.8 Å². The van der Waals surface area contributed by atoms with Crippen molar-refractivity contribution >= 4 is 35.1 Å². The van der Waals surface area contributed by atoms with E-state index in [0.717, 1.165) is 0 Å². The monoisotopic (exact) mass is 317 g/mol. The van der Waals surface area contributed by atoms with Crippen LogP contribution >= 0.6 is 23.2 Å². The van der Waals surface area contributed by atoms with E-state index in [0.29, 0.717) is 22.2 Å². The first kappa shape index (κ1) is 16.8. The normalized spacial score (nSPS) is 12.0. The van der Waals surface area contributed by atoms with Crippen LogP contribution in [-0.2, 0) is 16.0 Å². The largest absolute Gasteiger partial charge is 0.481 e. The zero-order chi connectivity index (χ0) is 15.3. The molecule has 0 bridgehead atoms. The summed E-state index contributed by atoms with van der Waals surface area (Å²) in [5.74, 6) is -1.12. The summed E-state index contributed by atoms with van der Waals surface area (Å²) >= 11 is 12.1. The van der Waals surface area contributed by atoms with Gasteiger partial charge in [0.1, 0.15) is 0 Å². The minimum Gasteiger partial charge on any atom is -0.481 e. The van der Waals surface area contributed by atoms with E-state index in [2.05, 4.69) is 0 Å². The summed E-state index contributed by atoms with van der Waals surface area (Å²) in [6.07, 6.45) is -0.0217. The third kappa shape index (κ3) is 4.39. The minimum atomic E-state index is -0.931. The van der Waals surface area contributed by atoms with E-state index in [1.165, 1.54) is 4.90 Å². The molecule has 110 valence electrons. The second-order valence-corrected chi connectivity index (χ2v) is 5.32. The van der Waals surface area contributed by atoms with Crippen LogP contribution in [0.5, 0.6) is 0 Å². The molecular weight excluding hydrogens is 301 g/mol.